The Balaban J connectivity index is 1.59. The first-order valence-corrected chi connectivity index (χ1v) is 8.94. The molecule has 0 N–H and O–H groups in total. The van der Waals surface area contributed by atoms with Crippen LogP contribution >= 0.6 is 22.9 Å². The monoisotopic (exact) mass is 300 g/mol. The van der Waals surface area contributed by atoms with Crippen LogP contribution in [-0.4, -0.2) is 29.5 Å². The number of thiazole rings is 1. The maximum atomic E-state index is 5.77. The van der Waals surface area contributed by atoms with Crippen LogP contribution in [0.5, 0.6) is 0 Å². The highest BCUT2D eigenvalue weighted by Crippen LogP contribution is 2.27. The van der Waals surface area contributed by atoms with Gasteiger partial charge in [0.1, 0.15) is 0 Å². The predicted molar refractivity (Wildman–Crippen MR) is 84.1 cm³/mol. The summed E-state index contributed by atoms with van der Waals surface area (Å²) < 4.78 is 0. The highest BCUT2D eigenvalue weighted by molar-refractivity contribution is 7.09. The minimum Gasteiger partial charge on any atom is -0.303 e. The van der Waals surface area contributed by atoms with Crippen molar-refractivity contribution in [2.24, 2.45) is 5.92 Å². The molecule has 0 aliphatic heterocycles. The Bertz CT molecular complexity index is 363. The Morgan fingerprint density at radius 3 is 2.84 bits per heavy atom. The number of unbranched alkanes of at least 4 members (excludes halogenated alkanes) is 1. The number of rotatable bonds is 9. The van der Waals surface area contributed by atoms with Crippen molar-refractivity contribution < 1.29 is 0 Å². The van der Waals surface area contributed by atoms with E-state index in [1.165, 1.54) is 56.7 Å². The summed E-state index contributed by atoms with van der Waals surface area (Å²) in [5, 5.41) is 3.33. The van der Waals surface area contributed by atoms with Gasteiger partial charge >= 0.3 is 0 Å². The molecule has 2 rings (SSSR count). The first-order chi connectivity index (χ1) is 9.31. The molecule has 1 aromatic heterocycles. The molecule has 0 aromatic carbocycles. The van der Waals surface area contributed by atoms with E-state index >= 15 is 0 Å². The number of nitrogens with zero attached hydrogens (tertiary/aromatic N) is 2. The molecule has 1 heterocycles. The standard InChI is InChI=1S/C15H25ClN2S/c1-2-18(11-13-6-5-7-13)9-4-3-8-15-17-14(10-16)12-19-15/h12-13H,2-11H2,1H3. The Hall–Kier alpha value is -0.120. The molecule has 4 heteroatoms. The minimum atomic E-state index is 0.543. The van der Waals surface area contributed by atoms with Crippen LogP contribution in [0.1, 0.15) is 49.7 Å². The van der Waals surface area contributed by atoms with E-state index in [2.05, 4.69) is 22.2 Å². The highest BCUT2D eigenvalue weighted by Gasteiger charge is 2.19. The Labute approximate surface area is 126 Å². The van der Waals surface area contributed by atoms with Gasteiger partial charge in [-0.2, -0.15) is 0 Å². The zero-order valence-electron chi connectivity index (χ0n) is 11.9. The minimum absolute atomic E-state index is 0.543. The Morgan fingerprint density at radius 1 is 1.42 bits per heavy atom. The second-order valence-electron chi connectivity index (χ2n) is 5.51. The summed E-state index contributed by atoms with van der Waals surface area (Å²) in [4.78, 5) is 7.13. The third kappa shape index (κ3) is 5.05. The van der Waals surface area contributed by atoms with Crippen molar-refractivity contribution in [1.29, 1.82) is 0 Å². The third-order valence-electron chi connectivity index (χ3n) is 4.04. The molecule has 1 fully saturated rings. The van der Waals surface area contributed by atoms with Crippen LogP contribution in [0, 0.1) is 5.92 Å². The fraction of sp³-hybridized carbons (Fsp3) is 0.800. The fourth-order valence-electron chi connectivity index (χ4n) is 2.56. The van der Waals surface area contributed by atoms with E-state index in [0.717, 1.165) is 18.0 Å². The molecule has 0 bridgehead atoms. The second-order valence-corrected chi connectivity index (χ2v) is 6.72. The Morgan fingerprint density at radius 2 is 2.26 bits per heavy atom. The third-order valence-corrected chi connectivity index (χ3v) is 5.27. The number of hydrogen-bond donors (Lipinski definition) is 0. The lowest BCUT2D eigenvalue weighted by Crippen LogP contribution is -2.33. The summed E-state index contributed by atoms with van der Waals surface area (Å²) in [5.41, 5.74) is 1.03. The zero-order chi connectivity index (χ0) is 13.5. The highest BCUT2D eigenvalue weighted by atomic mass is 35.5. The Kier molecular flexibility index (Phi) is 6.62. The molecular weight excluding hydrogens is 276 g/mol. The molecule has 108 valence electrons. The van der Waals surface area contributed by atoms with Crippen LogP contribution < -0.4 is 0 Å². The first kappa shape index (κ1) is 15.3. The number of aromatic nitrogens is 1. The van der Waals surface area contributed by atoms with Crippen LogP contribution in [0.25, 0.3) is 0 Å². The van der Waals surface area contributed by atoms with Gasteiger partial charge < -0.3 is 4.90 Å². The van der Waals surface area contributed by atoms with E-state index in [-0.39, 0.29) is 0 Å². The van der Waals surface area contributed by atoms with Gasteiger partial charge in [0.25, 0.3) is 0 Å². The molecule has 1 aliphatic carbocycles. The average Bonchev–Trinajstić information content (AvgIpc) is 2.84. The smallest absolute Gasteiger partial charge is 0.0928 e. The largest absolute Gasteiger partial charge is 0.303 e. The lowest BCUT2D eigenvalue weighted by molar-refractivity contribution is 0.182. The summed E-state index contributed by atoms with van der Waals surface area (Å²) in [6.07, 6.45) is 8.01. The van der Waals surface area contributed by atoms with Crippen molar-refractivity contribution in [3.63, 3.8) is 0 Å². The quantitative estimate of drug-likeness (QED) is 0.498. The fourth-order valence-corrected chi connectivity index (χ4v) is 3.62. The molecule has 0 unspecified atom stereocenters. The lowest BCUT2D eigenvalue weighted by atomic mass is 9.85. The van der Waals surface area contributed by atoms with E-state index < -0.39 is 0 Å². The summed E-state index contributed by atoms with van der Waals surface area (Å²) >= 11 is 7.52. The van der Waals surface area contributed by atoms with Gasteiger partial charge in [0, 0.05) is 11.9 Å². The van der Waals surface area contributed by atoms with Crippen LogP contribution in [-0.2, 0) is 12.3 Å². The molecule has 1 aliphatic rings. The number of hydrogen-bond acceptors (Lipinski definition) is 3. The van der Waals surface area contributed by atoms with Gasteiger partial charge in [0.15, 0.2) is 0 Å². The van der Waals surface area contributed by atoms with Gasteiger partial charge in [-0.05, 0) is 51.1 Å². The summed E-state index contributed by atoms with van der Waals surface area (Å²) in [6.45, 7) is 6.06. The molecule has 1 saturated carbocycles. The summed E-state index contributed by atoms with van der Waals surface area (Å²) in [5.74, 6) is 1.53. The summed E-state index contributed by atoms with van der Waals surface area (Å²) in [6, 6.07) is 0. The molecular formula is C15H25ClN2S. The SMILES string of the molecule is CCN(CCCCc1nc(CCl)cs1)CC1CCC1. The van der Waals surface area contributed by atoms with Crippen molar-refractivity contribution >= 4 is 22.9 Å². The molecule has 0 amide bonds. The van der Waals surface area contributed by atoms with Crippen molar-refractivity contribution in [3.05, 3.63) is 16.1 Å². The van der Waals surface area contributed by atoms with Crippen LogP contribution in [0.4, 0.5) is 0 Å². The van der Waals surface area contributed by atoms with E-state index in [1.807, 2.05) is 0 Å². The van der Waals surface area contributed by atoms with Crippen molar-refractivity contribution in [3.8, 4) is 0 Å². The maximum Gasteiger partial charge on any atom is 0.0928 e. The number of alkyl halides is 1. The van der Waals surface area contributed by atoms with E-state index in [0.29, 0.717) is 5.88 Å². The first-order valence-electron chi connectivity index (χ1n) is 7.53. The van der Waals surface area contributed by atoms with Crippen LogP contribution in [0.2, 0.25) is 0 Å². The molecule has 2 nitrogen and oxygen atoms in total. The molecule has 19 heavy (non-hydrogen) atoms. The van der Waals surface area contributed by atoms with Gasteiger partial charge in [-0.1, -0.05) is 13.3 Å². The molecule has 1 aromatic rings. The lowest BCUT2D eigenvalue weighted by Gasteiger charge is -2.31. The van der Waals surface area contributed by atoms with Crippen molar-refractivity contribution in [2.45, 2.75) is 51.3 Å². The van der Waals surface area contributed by atoms with Gasteiger partial charge in [0.05, 0.1) is 16.6 Å². The topological polar surface area (TPSA) is 16.1 Å². The average molecular weight is 301 g/mol. The molecule has 0 spiro atoms. The maximum absolute atomic E-state index is 5.77. The number of halogens is 1. The van der Waals surface area contributed by atoms with Gasteiger partial charge in [-0.3, -0.25) is 0 Å². The van der Waals surface area contributed by atoms with Crippen LogP contribution in [0.15, 0.2) is 5.38 Å². The van der Waals surface area contributed by atoms with E-state index in [1.54, 1.807) is 11.3 Å². The molecule has 0 saturated heterocycles. The van der Waals surface area contributed by atoms with Crippen LogP contribution in [0.3, 0.4) is 0 Å². The van der Waals surface area contributed by atoms with E-state index in [9.17, 15) is 0 Å². The van der Waals surface area contributed by atoms with Gasteiger partial charge in [-0.25, -0.2) is 4.98 Å². The summed E-state index contributed by atoms with van der Waals surface area (Å²) in [7, 11) is 0. The van der Waals surface area contributed by atoms with Gasteiger partial charge in [0.2, 0.25) is 0 Å². The second kappa shape index (κ2) is 8.23. The molecule has 0 atom stereocenters. The zero-order valence-corrected chi connectivity index (χ0v) is 13.5. The van der Waals surface area contributed by atoms with Gasteiger partial charge in [-0.15, -0.1) is 22.9 Å². The van der Waals surface area contributed by atoms with E-state index in [4.69, 9.17) is 11.6 Å². The predicted octanol–water partition coefficient (Wildman–Crippen LogP) is 4.33. The molecule has 0 radical (unpaired) electrons. The normalized spacial score (nSPS) is 15.9. The van der Waals surface area contributed by atoms with Crippen molar-refractivity contribution in [1.82, 2.24) is 9.88 Å². The number of aryl methyl sites for hydroxylation is 1. The van der Waals surface area contributed by atoms with Crippen molar-refractivity contribution in [2.75, 3.05) is 19.6 Å².